The molecule has 1 aliphatic carbocycles. The monoisotopic (exact) mass is 337 g/mol. The second kappa shape index (κ2) is 8.19. The fourth-order valence-corrected chi connectivity index (χ4v) is 3.52. The first-order valence-electron chi connectivity index (χ1n) is 9.28. The van der Waals surface area contributed by atoms with Gasteiger partial charge >= 0.3 is 0 Å². The molecule has 0 spiro atoms. The lowest BCUT2D eigenvalue weighted by Crippen LogP contribution is -2.34. The Morgan fingerprint density at radius 3 is 2.80 bits per heavy atom. The van der Waals surface area contributed by atoms with E-state index < -0.39 is 0 Å². The van der Waals surface area contributed by atoms with Gasteiger partial charge in [0.25, 0.3) is 5.91 Å². The number of hydrogen-bond acceptors (Lipinski definition) is 2. The molecule has 1 amide bonds. The lowest BCUT2D eigenvalue weighted by Gasteiger charge is -2.26. The van der Waals surface area contributed by atoms with Crippen LogP contribution in [0.25, 0.3) is 0 Å². The molecular formula is C22H27NO2. The first-order chi connectivity index (χ1) is 12.2. The molecule has 0 saturated heterocycles. The van der Waals surface area contributed by atoms with Gasteiger partial charge < -0.3 is 10.1 Å². The van der Waals surface area contributed by atoms with Crippen molar-refractivity contribution in [3.8, 4) is 5.75 Å². The molecule has 2 aromatic rings. The third-order valence-corrected chi connectivity index (χ3v) is 5.13. The Kier molecular flexibility index (Phi) is 5.75. The van der Waals surface area contributed by atoms with Crippen LogP contribution in [0.15, 0.2) is 48.5 Å². The Morgan fingerprint density at radius 2 is 1.96 bits per heavy atom. The highest BCUT2D eigenvalue weighted by Gasteiger charge is 2.21. The lowest BCUT2D eigenvalue weighted by atomic mass is 9.88. The van der Waals surface area contributed by atoms with Crippen molar-refractivity contribution in [2.45, 2.75) is 51.5 Å². The Hall–Kier alpha value is -2.29. The van der Waals surface area contributed by atoms with Crippen LogP contribution >= 0.6 is 0 Å². The number of benzene rings is 2. The zero-order valence-electron chi connectivity index (χ0n) is 15.1. The van der Waals surface area contributed by atoms with Crippen LogP contribution in [0.3, 0.4) is 0 Å². The number of para-hydroxylation sites is 1. The van der Waals surface area contributed by atoms with Crippen molar-refractivity contribution < 1.29 is 9.53 Å². The molecule has 0 aromatic heterocycles. The smallest absolute Gasteiger partial charge is 0.258 e. The van der Waals surface area contributed by atoms with Crippen molar-refractivity contribution in [2.24, 2.45) is 0 Å². The van der Waals surface area contributed by atoms with Gasteiger partial charge in [0.1, 0.15) is 5.75 Å². The van der Waals surface area contributed by atoms with Crippen LogP contribution in [-0.2, 0) is 11.2 Å². The van der Waals surface area contributed by atoms with Crippen molar-refractivity contribution in [1.29, 1.82) is 0 Å². The minimum absolute atomic E-state index is 0.0549. The number of rotatable bonds is 6. The topological polar surface area (TPSA) is 38.3 Å². The summed E-state index contributed by atoms with van der Waals surface area (Å²) in [6, 6.07) is 16.5. The Balaban J connectivity index is 1.61. The number of aryl methyl sites for hydroxylation is 1. The minimum atomic E-state index is -0.0549. The average Bonchev–Trinajstić information content (AvgIpc) is 2.66. The highest BCUT2D eigenvalue weighted by Crippen LogP contribution is 2.30. The Morgan fingerprint density at radius 1 is 1.20 bits per heavy atom. The molecule has 1 aliphatic rings. The quantitative estimate of drug-likeness (QED) is 0.824. The van der Waals surface area contributed by atoms with Crippen LogP contribution in [0.2, 0.25) is 0 Å². The van der Waals surface area contributed by atoms with E-state index in [1.54, 1.807) is 0 Å². The molecular weight excluding hydrogens is 310 g/mol. The maximum atomic E-state index is 12.4. The molecule has 0 heterocycles. The molecule has 0 saturated carbocycles. The molecule has 2 aromatic carbocycles. The second-order valence-corrected chi connectivity index (χ2v) is 6.85. The first-order valence-corrected chi connectivity index (χ1v) is 9.28. The van der Waals surface area contributed by atoms with Gasteiger partial charge in [0.05, 0.1) is 6.04 Å². The molecule has 132 valence electrons. The van der Waals surface area contributed by atoms with Gasteiger partial charge in [-0.05, 0) is 54.4 Å². The van der Waals surface area contributed by atoms with E-state index in [0.29, 0.717) is 5.92 Å². The van der Waals surface area contributed by atoms with Gasteiger partial charge in [0.15, 0.2) is 6.61 Å². The highest BCUT2D eigenvalue weighted by atomic mass is 16.5. The van der Waals surface area contributed by atoms with Gasteiger partial charge in [0.2, 0.25) is 0 Å². The van der Waals surface area contributed by atoms with Gasteiger partial charge in [-0.1, -0.05) is 56.3 Å². The summed E-state index contributed by atoms with van der Waals surface area (Å²) in [6.07, 6.45) is 4.25. The third-order valence-electron chi connectivity index (χ3n) is 5.13. The number of hydrogen-bond donors (Lipinski definition) is 1. The van der Waals surface area contributed by atoms with Crippen LogP contribution in [0.1, 0.15) is 61.8 Å². The molecule has 2 atom stereocenters. The molecule has 0 fully saturated rings. The number of amides is 1. The van der Waals surface area contributed by atoms with E-state index in [1.165, 1.54) is 16.7 Å². The molecule has 3 nitrogen and oxygen atoms in total. The van der Waals surface area contributed by atoms with Crippen molar-refractivity contribution >= 4 is 5.91 Å². The summed E-state index contributed by atoms with van der Waals surface area (Å²) in [5, 5.41) is 3.14. The molecule has 0 aliphatic heterocycles. The Bertz CT molecular complexity index is 725. The highest BCUT2D eigenvalue weighted by molar-refractivity contribution is 5.78. The largest absolute Gasteiger partial charge is 0.483 e. The number of ether oxygens (including phenoxy) is 1. The van der Waals surface area contributed by atoms with Crippen molar-refractivity contribution in [3.63, 3.8) is 0 Å². The molecule has 1 N–H and O–H groups in total. The summed E-state index contributed by atoms with van der Waals surface area (Å²) in [5.74, 6) is 1.18. The van der Waals surface area contributed by atoms with Crippen LogP contribution < -0.4 is 10.1 Å². The zero-order chi connectivity index (χ0) is 17.6. The van der Waals surface area contributed by atoms with E-state index in [4.69, 9.17) is 4.74 Å². The second-order valence-electron chi connectivity index (χ2n) is 6.85. The van der Waals surface area contributed by atoms with Crippen LogP contribution in [0.5, 0.6) is 5.75 Å². The van der Waals surface area contributed by atoms with E-state index in [-0.39, 0.29) is 18.6 Å². The van der Waals surface area contributed by atoms with Gasteiger partial charge in [-0.3, -0.25) is 4.79 Å². The van der Waals surface area contributed by atoms with Crippen molar-refractivity contribution in [3.05, 3.63) is 65.2 Å². The van der Waals surface area contributed by atoms with Gasteiger partial charge in [-0.15, -0.1) is 0 Å². The summed E-state index contributed by atoms with van der Waals surface area (Å²) in [4.78, 5) is 12.4. The number of carbonyl (C=O) groups excluding carboxylic acids is 1. The van der Waals surface area contributed by atoms with Gasteiger partial charge in [-0.2, -0.15) is 0 Å². The zero-order valence-corrected chi connectivity index (χ0v) is 15.1. The maximum absolute atomic E-state index is 12.4. The summed E-state index contributed by atoms with van der Waals surface area (Å²) >= 11 is 0. The SMILES string of the molecule is CC[C@@H](C)c1ccccc1OCC(=O)N[C@H]1CCCc2ccccc21. The molecule has 0 unspecified atom stereocenters. The van der Waals surface area contributed by atoms with Gasteiger partial charge in [-0.25, -0.2) is 0 Å². The van der Waals surface area contributed by atoms with E-state index >= 15 is 0 Å². The normalized spacial score (nSPS) is 17.4. The standard InChI is InChI=1S/C22H27NO2/c1-3-16(2)18-11-6-7-14-21(18)25-15-22(24)23-20-13-8-10-17-9-4-5-12-19(17)20/h4-7,9,11-12,14,16,20H,3,8,10,13,15H2,1-2H3,(H,23,24)/t16-,20+/m1/s1. The molecule has 3 heteroatoms. The number of nitrogens with one attached hydrogen (secondary N) is 1. The fourth-order valence-electron chi connectivity index (χ4n) is 3.52. The number of carbonyl (C=O) groups is 1. The van der Waals surface area contributed by atoms with Crippen molar-refractivity contribution in [1.82, 2.24) is 5.32 Å². The Labute approximate surface area is 150 Å². The lowest BCUT2D eigenvalue weighted by molar-refractivity contribution is -0.124. The summed E-state index contributed by atoms with van der Waals surface area (Å²) in [7, 11) is 0. The third kappa shape index (κ3) is 4.22. The fraction of sp³-hybridized carbons (Fsp3) is 0.409. The van der Waals surface area contributed by atoms with Crippen LogP contribution in [0, 0.1) is 0 Å². The molecule has 3 rings (SSSR count). The summed E-state index contributed by atoms with van der Waals surface area (Å²) < 4.78 is 5.84. The van der Waals surface area contributed by atoms with E-state index in [9.17, 15) is 4.79 Å². The van der Waals surface area contributed by atoms with E-state index in [1.807, 2.05) is 24.3 Å². The predicted octanol–water partition coefficient (Wildman–Crippen LogP) is 4.77. The average molecular weight is 337 g/mol. The van der Waals surface area contributed by atoms with Gasteiger partial charge in [0, 0.05) is 0 Å². The van der Waals surface area contributed by atoms with Crippen LogP contribution in [-0.4, -0.2) is 12.5 Å². The predicted molar refractivity (Wildman–Crippen MR) is 101 cm³/mol. The maximum Gasteiger partial charge on any atom is 0.258 e. The van der Waals surface area contributed by atoms with Crippen LogP contribution in [0.4, 0.5) is 0 Å². The number of fused-ring (bicyclic) bond motifs is 1. The van der Waals surface area contributed by atoms with E-state index in [0.717, 1.165) is 31.4 Å². The molecule has 0 bridgehead atoms. The molecule has 0 radical (unpaired) electrons. The molecule has 25 heavy (non-hydrogen) atoms. The summed E-state index contributed by atoms with van der Waals surface area (Å²) in [6.45, 7) is 4.40. The minimum Gasteiger partial charge on any atom is -0.483 e. The first kappa shape index (κ1) is 17.5. The summed E-state index contributed by atoms with van der Waals surface area (Å²) in [5.41, 5.74) is 3.77. The van der Waals surface area contributed by atoms with Crippen molar-refractivity contribution in [2.75, 3.05) is 6.61 Å². The van der Waals surface area contributed by atoms with E-state index in [2.05, 4.69) is 43.4 Å².